The Labute approximate surface area is 134 Å². The van der Waals surface area contributed by atoms with Gasteiger partial charge in [0, 0.05) is 11.8 Å². The summed E-state index contributed by atoms with van der Waals surface area (Å²) >= 11 is 0. The number of carbonyl (C=O) groups is 1. The van der Waals surface area contributed by atoms with Crippen LogP contribution in [0.2, 0.25) is 0 Å². The van der Waals surface area contributed by atoms with Gasteiger partial charge in [-0.2, -0.15) is 0 Å². The molecule has 0 saturated carbocycles. The van der Waals surface area contributed by atoms with E-state index in [2.05, 4.69) is 5.32 Å². The van der Waals surface area contributed by atoms with Crippen LogP contribution in [0.15, 0.2) is 59.0 Å². The van der Waals surface area contributed by atoms with E-state index in [9.17, 15) is 4.79 Å². The largest absolute Gasteiger partial charge is 0.480 e. The first-order chi connectivity index (χ1) is 11.2. The van der Waals surface area contributed by atoms with Crippen molar-refractivity contribution < 1.29 is 13.9 Å². The first-order valence-corrected chi connectivity index (χ1v) is 7.74. The predicted molar refractivity (Wildman–Crippen MR) is 87.3 cm³/mol. The second-order valence-corrected chi connectivity index (χ2v) is 5.84. The van der Waals surface area contributed by atoms with Crippen LogP contribution >= 0.6 is 0 Å². The molecule has 0 spiro atoms. The Morgan fingerprint density at radius 1 is 1.17 bits per heavy atom. The van der Waals surface area contributed by atoms with Gasteiger partial charge in [0.2, 0.25) is 0 Å². The van der Waals surface area contributed by atoms with Crippen LogP contribution in [0.5, 0.6) is 5.75 Å². The van der Waals surface area contributed by atoms with Gasteiger partial charge in [-0.1, -0.05) is 36.4 Å². The Morgan fingerprint density at radius 3 is 2.78 bits per heavy atom. The van der Waals surface area contributed by atoms with Crippen molar-refractivity contribution in [3.8, 4) is 5.75 Å². The van der Waals surface area contributed by atoms with E-state index >= 15 is 0 Å². The molecule has 0 aliphatic carbocycles. The summed E-state index contributed by atoms with van der Waals surface area (Å²) in [6.45, 7) is 1.91. The fourth-order valence-corrected chi connectivity index (χ4v) is 2.92. The summed E-state index contributed by atoms with van der Waals surface area (Å²) in [5.74, 6) is 1.42. The number of rotatable bonds is 3. The molecule has 0 saturated heterocycles. The molecule has 1 amide bonds. The third kappa shape index (κ3) is 2.57. The van der Waals surface area contributed by atoms with Gasteiger partial charge in [-0.15, -0.1) is 0 Å². The summed E-state index contributed by atoms with van der Waals surface area (Å²) in [7, 11) is 0. The number of benzene rings is 2. The molecule has 0 unspecified atom stereocenters. The third-order valence-corrected chi connectivity index (χ3v) is 4.17. The van der Waals surface area contributed by atoms with Crippen molar-refractivity contribution in [3.05, 3.63) is 65.9 Å². The molecule has 1 N–H and O–H groups in total. The number of ether oxygens (including phenoxy) is 1. The summed E-state index contributed by atoms with van der Waals surface area (Å²) in [6, 6.07) is 17.3. The Kier molecular flexibility index (Phi) is 3.30. The van der Waals surface area contributed by atoms with Crippen LogP contribution in [0.4, 0.5) is 0 Å². The summed E-state index contributed by atoms with van der Waals surface area (Å²) in [5, 5.41) is 4.01. The smallest absolute Gasteiger partial charge is 0.262 e. The number of hydrogen-bond donors (Lipinski definition) is 1. The Morgan fingerprint density at radius 2 is 1.96 bits per heavy atom. The van der Waals surface area contributed by atoms with Crippen LogP contribution in [-0.2, 0) is 11.2 Å². The number of amides is 1. The molecule has 4 rings (SSSR count). The van der Waals surface area contributed by atoms with Crippen LogP contribution in [0, 0.1) is 0 Å². The second-order valence-electron chi connectivity index (χ2n) is 5.84. The normalized spacial score (nSPS) is 17.5. The van der Waals surface area contributed by atoms with Crippen LogP contribution in [0.25, 0.3) is 11.0 Å². The van der Waals surface area contributed by atoms with Gasteiger partial charge >= 0.3 is 0 Å². The van der Waals surface area contributed by atoms with Crippen molar-refractivity contribution in [2.45, 2.75) is 25.5 Å². The molecule has 1 aliphatic heterocycles. The van der Waals surface area contributed by atoms with Gasteiger partial charge in [0.25, 0.3) is 5.91 Å². The first-order valence-electron chi connectivity index (χ1n) is 7.74. The molecule has 116 valence electrons. The van der Waals surface area contributed by atoms with Crippen molar-refractivity contribution in [3.63, 3.8) is 0 Å². The van der Waals surface area contributed by atoms with Gasteiger partial charge in [-0.05, 0) is 30.7 Å². The molecule has 0 fully saturated rings. The summed E-state index contributed by atoms with van der Waals surface area (Å²) in [6.07, 6.45) is 0.133. The van der Waals surface area contributed by atoms with E-state index in [1.165, 1.54) is 0 Å². The van der Waals surface area contributed by atoms with Crippen LogP contribution in [-0.4, -0.2) is 12.0 Å². The average Bonchev–Trinajstić information content (AvgIpc) is 3.18. The van der Waals surface area contributed by atoms with Gasteiger partial charge < -0.3 is 14.5 Å². The highest BCUT2D eigenvalue weighted by atomic mass is 16.5. The molecular formula is C19H17NO3. The Bertz CT molecular complexity index is 810. The van der Waals surface area contributed by atoms with E-state index in [1.807, 2.05) is 61.5 Å². The topological polar surface area (TPSA) is 51.5 Å². The zero-order valence-electron chi connectivity index (χ0n) is 12.8. The molecule has 2 aromatic carbocycles. The average molecular weight is 307 g/mol. The van der Waals surface area contributed by atoms with E-state index in [1.54, 1.807) is 0 Å². The van der Waals surface area contributed by atoms with Crippen molar-refractivity contribution in [1.29, 1.82) is 0 Å². The number of fused-ring (bicyclic) bond motifs is 2. The lowest BCUT2D eigenvalue weighted by Crippen LogP contribution is -2.38. The number of hydrogen-bond acceptors (Lipinski definition) is 3. The summed E-state index contributed by atoms with van der Waals surface area (Å²) in [4.78, 5) is 12.4. The quantitative estimate of drug-likeness (QED) is 0.804. The minimum absolute atomic E-state index is 0.117. The molecule has 1 aromatic heterocycles. The van der Waals surface area contributed by atoms with E-state index < -0.39 is 6.10 Å². The highest BCUT2D eigenvalue weighted by Crippen LogP contribution is 2.29. The Balaban J connectivity index is 1.46. The standard InChI is InChI=1S/C19H17NO3/c1-12(17-10-13-6-2-4-8-15(13)22-17)20-19(21)18-11-14-7-3-5-9-16(14)23-18/h2-10,12,18H,11H2,1H3,(H,20,21)/t12-,18-/m0/s1. The molecule has 4 heteroatoms. The first kappa shape index (κ1) is 13.9. The lowest BCUT2D eigenvalue weighted by atomic mass is 10.1. The minimum atomic E-state index is -0.473. The van der Waals surface area contributed by atoms with Gasteiger partial charge in [0.05, 0.1) is 6.04 Å². The van der Waals surface area contributed by atoms with Crippen molar-refractivity contribution in [2.75, 3.05) is 0 Å². The summed E-state index contributed by atoms with van der Waals surface area (Å²) in [5.41, 5.74) is 1.90. The lowest BCUT2D eigenvalue weighted by Gasteiger charge is -2.15. The molecule has 0 bridgehead atoms. The maximum Gasteiger partial charge on any atom is 0.262 e. The van der Waals surface area contributed by atoms with E-state index in [0.29, 0.717) is 6.42 Å². The van der Waals surface area contributed by atoms with Crippen molar-refractivity contribution in [2.24, 2.45) is 0 Å². The van der Waals surface area contributed by atoms with Crippen molar-refractivity contribution >= 4 is 16.9 Å². The number of para-hydroxylation sites is 2. The third-order valence-electron chi connectivity index (χ3n) is 4.17. The van der Waals surface area contributed by atoms with Crippen molar-refractivity contribution in [1.82, 2.24) is 5.32 Å². The fourth-order valence-electron chi connectivity index (χ4n) is 2.92. The summed E-state index contributed by atoms with van der Waals surface area (Å²) < 4.78 is 11.5. The van der Waals surface area contributed by atoms with E-state index in [0.717, 1.165) is 28.0 Å². The molecule has 4 nitrogen and oxygen atoms in total. The zero-order valence-corrected chi connectivity index (χ0v) is 12.8. The zero-order chi connectivity index (χ0) is 15.8. The van der Waals surface area contributed by atoms with Gasteiger partial charge in [-0.25, -0.2) is 0 Å². The maximum absolute atomic E-state index is 12.4. The van der Waals surface area contributed by atoms with Gasteiger partial charge in [0.15, 0.2) is 6.10 Å². The molecule has 2 atom stereocenters. The van der Waals surface area contributed by atoms with Crippen LogP contribution < -0.4 is 10.1 Å². The van der Waals surface area contributed by atoms with Gasteiger partial charge in [0.1, 0.15) is 17.1 Å². The molecular weight excluding hydrogens is 290 g/mol. The van der Waals surface area contributed by atoms with Crippen LogP contribution in [0.3, 0.4) is 0 Å². The molecule has 0 radical (unpaired) electrons. The second kappa shape index (κ2) is 5.47. The minimum Gasteiger partial charge on any atom is -0.480 e. The highest BCUT2D eigenvalue weighted by Gasteiger charge is 2.30. The monoisotopic (exact) mass is 307 g/mol. The SMILES string of the molecule is C[C@H](NC(=O)[C@@H]1Cc2ccccc2O1)c1cc2ccccc2o1. The number of carbonyl (C=O) groups excluding carboxylic acids is 1. The molecule has 3 aromatic rings. The Hall–Kier alpha value is -2.75. The van der Waals surface area contributed by atoms with E-state index in [-0.39, 0.29) is 11.9 Å². The molecule has 23 heavy (non-hydrogen) atoms. The lowest BCUT2D eigenvalue weighted by molar-refractivity contribution is -0.128. The number of furan rings is 1. The predicted octanol–water partition coefficient (Wildman–Crippen LogP) is 3.61. The number of nitrogens with one attached hydrogen (secondary N) is 1. The van der Waals surface area contributed by atoms with Crippen LogP contribution in [0.1, 0.15) is 24.3 Å². The van der Waals surface area contributed by atoms with E-state index in [4.69, 9.17) is 9.15 Å². The molecule has 2 heterocycles. The molecule has 1 aliphatic rings. The highest BCUT2D eigenvalue weighted by molar-refractivity contribution is 5.83. The maximum atomic E-state index is 12.4. The fraction of sp³-hybridized carbons (Fsp3) is 0.211. The van der Waals surface area contributed by atoms with Gasteiger partial charge in [-0.3, -0.25) is 4.79 Å².